The van der Waals surface area contributed by atoms with Gasteiger partial charge in [-0.1, -0.05) is 17.7 Å². The van der Waals surface area contributed by atoms with Gasteiger partial charge in [-0.25, -0.2) is 4.99 Å². The van der Waals surface area contributed by atoms with E-state index in [0.717, 1.165) is 17.7 Å². The molecule has 2 bridgehead atoms. The number of nitrogens with zero attached hydrogens (tertiary/aromatic N) is 2. The highest BCUT2D eigenvalue weighted by Gasteiger charge is 2.41. The maximum absolute atomic E-state index is 8.66. The molecule has 0 fully saturated rings. The van der Waals surface area contributed by atoms with Gasteiger partial charge in [0.2, 0.25) is 5.96 Å². The van der Waals surface area contributed by atoms with Crippen molar-refractivity contribution in [3.8, 4) is 11.9 Å². The summed E-state index contributed by atoms with van der Waals surface area (Å²) in [7, 11) is 0. The summed E-state index contributed by atoms with van der Waals surface area (Å²) in [6.45, 7) is 1.93. The van der Waals surface area contributed by atoms with E-state index in [1.54, 1.807) is 6.07 Å². The van der Waals surface area contributed by atoms with Crippen LogP contribution in [-0.2, 0) is 0 Å². The summed E-state index contributed by atoms with van der Waals surface area (Å²) < 4.78 is 5.92. The first-order chi connectivity index (χ1) is 8.59. The van der Waals surface area contributed by atoms with E-state index in [2.05, 4.69) is 15.6 Å². The highest BCUT2D eigenvalue weighted by atomic mass is 35.5. The lowest BCUT2D eigenvalue weighted by Crippen LogP contribution is -2.58. The van der Waals surface area contributed by atoms with Crippen LogP contribution in [0.3, 0.4) is 0 Å². The predicted molar refractivity (Wildman–Crippen MR) is 67.2 cm³/mol. The third-order valence-corrected chi connectivity index (χ3v) is 3.33. The molecule has 2 aliphatic rings. The summed E-state index contributed by atoms with van der Waals surface area (Å²) in [5.41, 5.74) is 0.430. The van der Waals surface area contributed by atoms with Crippen LogP contribution in [-0.4, -0.2) is 11.7 Å². The van der Waals surface area contributed by atoms with Crippen LogP contribution in [0.5, 0.6) is 5.75 Å². The maximum atomic E-state index is 8.66. The van der Waals surface area contributed by atoms with Crippen LogP contribution in [0, 0.1) is 11.5 Å². The van der Waals surface area contributed by atoms with Gasteiger partial charge in [0.15, 0.2) is 11.9 Å². The van der Waals surface area contributed by atoms with Crippen molar-refractivity contribution in [3.63, 3.8) is 0 Å². The highest BCUT2D eigenvalue weighted by molar-refractivity contribution is 6.30. The number of guanidine groups is 1. The lowest BCUT2D eigenvalue weighted by atomic mass is 9.93. The molecule has 2 N–H and O–H groups in total. The topological polar surface area (TPSA) is 69.4 Å². The van der Waals surface area contributed by atoms with Crippen molar-refractivity contribution in [2.24, 2.45) is 4.99 Å². The van der Waals surface area contributed by atoms with Gasteiger partial charge in [-0.3, -0.25) is 5.32 Å². The van der Waals surface area contributed by atoms with Gasteiger partial charge in [0.1, 0.15) is 5.75 Å². The minimum Gasteiger partial charge on any atom is -0.468 e. The fourth-order valence-corrected chi connectivity index (χ4v) is 2.54. The van der Waals surface area contributed by atoms with E-state index in [9.17, 15) is 0 Å². The van der Waals surface area contributed by atoms with Crippen molar-refractivity contribution >= 4 is 17.6 Å². The Kier molecular flexibility index (Phi) is 2.35. The molecule has 92 valence electrons. The molecule has 0 amide bonds. The zero-order valence-electron chi connectivity index (χ0n) is 9.70. The first-order valence-electron chi connectivity index (χ1n) is 5.59. The van der Waals surface area contributed by atoms with E-state index in [1.165, 1.54) is 0 Å². The minimum atomic E-state index is -0.566. The van der Waals surface area contributed by atoms with Gasteiger partial charge in [0.05, 0.1) is 6.04 Å². The number of aliphatic imine (C=N–C) groups is 1. The number of nitrogens with one attached hydrogen (secondary N) is 2. The zero-order chi connectivity index (χ0) is 12.8. The first kappa shape index (κ1) is 11.2. The molecule has 6 heteroatoms. The van der Waals surface area contributed by atoms with Crippen LogP contribution in [0.15, 0.2) is 23.2 Å². The molecular weight excluding hydrogens is 252 g/mol. The zero-order valence-corrected chi connectivity index (χ0v) is 10.5. The molecule has 0 spiro atoms. The summed E-state index contributed by atoms with van der Waals surface area (Å²) in [6, 6.07) is 5.51. The molecule has 0 radical (unpaired) electrons. The third kappa shape index (κ3) is 1.75. The molecular formula is C12H11ClN4O. The van der Waals surface area contributed by atoms with E-state index < -0.39 is 5.72 Å². The van der Waals surface area contributed by atoms with Crippen molar-refractivity contribution in [2.75, 3.05) is 0 Å². The fraction of sp³-hybridized carbons (Fsp3) is 0.333. The molecule has 0 saturated heterocycles. The second-order valence-electron chi connectivity index (χ2n) is 4.57. The van der Waals surface area contributed by atoms with Crippen molar-refractivity contribution < 1.29 is 4.74 Å². The smallest absolute Gasteiger partial charge is 0.208 e. The molecule has 2 atom stereocenters. The first-order valence-corrected chi connectivity index (χ1v) is 5.97. The van der Waals surface area contributed by atoms with E-state index in [4.69, 9.17) is 21.6 Å². The normalized spacial score (nSPS) is 28.1. The Morgan fingerprint density at radius 1 is 1.67 bits per heavy atom. The van der Waals surface area contributed by atoms with Gasteiger partial charge in [-0.2, -0.15) is 5.26 Å². The van der Waals surface area contributed by atoms with Crippen molar-refractivity contribution in [3.05, 3.63) is 28.8 Å². The Labute approximate surface area is 109 Å². The van der Waals surface area contributed by atoms with Gasteiger partial charge >= 0.3 is 0 Å². The van der Waals surface area contributed by atoms with Crippen LogP contribution in [0.25, 0.3) is 0 Å². The van der Waals surface area contributed by atoms with Gasteiger partial charge in [0, 0.05) is 17.0 Å². The molecule has 18 heavy (non-hydrogen) atoms. The molecule has 2 unspecified atom stereocenters. The number of fused-ring (bicyclic) bond motifs is 4. The summed E-state index contributed by atoms with van der Waals surface area (Å²) >= 11 is 5.97. The van der Waals surface area contributed by atoms with Crippen LogP contribution >= 0.6 is 11.6 Å². The van der Waals surface area contributed by atoms with Gasteiger partial charge in [0.25, 0.3) is 0 Å². The molecule has 3 rings (SSSR count). The number of nitriles is 1. The maximum Gasteiger partial charge on any atom is 0.208 e. The van der Waals surface area contributed by atoms with Crippen molar-refractivity contribution in [1.82, 2.24) is 10.6 Å². The van der Waals surface area contributed by atoms with E-state index in [0.29, 0.717) is 11.0 Å². The number of ether oxygens (including phenoxy) is 1. The second-order valence-corrected chi connectivity index (χ2v) is 5.01. The number of halogens is 1. The number of hydrogen-bond acceptors (Lipinski definition) is 5. The number of hydrogen-bond donors (Lipinski definition) is 2. The Morgan fingerprint density at radius 2 is 2.50 bits per heavy atom. The molecule has 1 aromatic rings. The summed E-state index contributed by atoms with van der Waals surface area (Å²) in [5, 5.41) is 14.9. The van der Waals surface area contributed by atoms with Crippen LogP contribution in [0.2, 0.25) is 5.02 Å². The van der Waals surface area contributed by atoms with E-state index >= 15 is 0 Å². The SMILES string of the molecule is CC12CC(N=C(NC#N)N1)c1ccc(Cl)cc1O2. The minimum absolute atomic E-state index is 0.0203. The largest absolute Gasteiger partial charge is 0.468 e. The molecule has 0 aromatic heterocycles. The summed E-state index contributed by atoms with van der Waals surface area (Å²) in [4.78, 5) is 4.46. The molecule has 1 aromatic carbocycles. The van der Waals surface area contributed by atoms with Crippen LogP contribution < -0.4 is 15.4 Å². The Balaban J connectivity index is 2.06. The molecule has 2 aliphatic heterocycles. The third-order valence-electron chi connectivity index (χ3n) is 3.09. The standard InChI is InChI=1S/C12H11ClN4O/c1-12-5-9(16-11(17-12)15-6-14)8-3-2-7(13)4-10(8)18-12/h2-4,9H,5H2,1H3,(H2,15,16,17). The predicted octanol–water partition coefficient (Wildman–Crippen LogP) is 1.91. The van der Waals surface area contributed by atoms with Crippen LogP contribution in [0.1, 0.15) is 24.9 Å². The number of rotatable bonds is 0. The molecule has 0 aliphatic carbocycles. The monoisotopic (exact) mass is 262 g/mol. The van der Waals surface area contributed by atoms with Crippen molar-refractivity contribution in [2.45, 2.75) is 25.1 Å². The Hall–Kier alpha value is -1.93. The number of benzene rings is 1. The molecule has 5 nitrogen and oxygen atoms in total. The Morgan fingerprint density at radius 3 is 3.28 bits per heavy atom. The average Bonchev–Trinajstić information content (AvgIpc) is 2.27. The molecule has 0 saturated carbocycles. The van der Waals surface area contributed by atoms with E-state index in [1.807, 2.05) is 25.2 Å². The van der Waals surface area contributed by atoms with Gasteiger partial charge < -0.3 is 10.1 Å². The lowest BCUT2D eigenvalue weighted by molar-refractivity contribution is 0.0318. The summed E-state index contributed by atoms with van der Waals surface area (Å²) in [6.07, 6.45) is 2.58. The van der Waals surface area contributed by atoms with Crippen molar-refractivity contribution in [1.29, 1.82) is 5.26 Å². The lowest BCUT2D eigenvalue weighted by Gasteiger charge is -2.42. The Bertz CT molecular complexity index is 580. The quantitative estimate of drug-likeness (QED) is 0.554. The molecule has 2 heterocycles. The second kappa shape index (κ2) is 3.79. The van der Waals surface area contributed by atoms with Gasteiger partial charge in [-0.05, 0) is 19.1 Å². The van der Waals surface area contributed by atoms with Gasteiger partial charge in [-0.15, -0.1) is 0 Å². The summed E-state index contributed by atoms with van der Waals surface area (Å²) in [5.74, 6) is 1.19. The average molecular weight is 263 g/mol. The fourth-order valence-electron chi connectivity index (χ4n) is 2.38. The van der Waals surface area contributed by atoms with E-state index in [-0.39, 0.29) is 6.04 Å². The highest BCUT2D eigenvalue weighted by Crippen LogP contribution is 2.43. The van der Waals surface area contributed by atoms with Crippen LogP contribution in [0.4, 0.5) is 0 Å².